The van der Waals surface area contributed by atoms with E-state index in [1.165, 1.54) is 48.9 Å². The van der Waals surface area contributed by atoms with E-state index in [4.69, 9.17) is 12.2 Å². The number of carboxylic acids is 1. The number of alkyl halides is 7. The molecule has 646 valence electrons. The Morgan fingerprint density at radius 3 is 1.29 bits per heavy atom. The monoisotopic (exact) mass is 1700 g/mol. The number of aromatic carboxylic acids is 1. The molecule has 8 aromatic rings. The molecule has 0 radical (unpaired) electrons. The number of piperidine rings is 4. The number of halogens is 7. The lowest BCUT2D eigenvalue weighted by molar-refractivity contribution is -0.137. The minimum Gasteiger partial charge on any atom is -0.477 e. The summed E-state index contributed by atoms with van der Waals surface area (Å²) in [5.41, 5.74) is 6.86. The lowest BCUT2D eigenvalue weighted by atomic mass is 9.96. The molecule has 4 aromatic heterocycles. The molecule has 6 aliphatic heterocycles. The van der Waals surface area contributed by atoms with Gasteiger partial charge in [-0.2, -0.15) is 26.3 Å². The molecule has 8 aliphatic rings. The van der Waals surface area contributed by atoms with Crippen LogP contribution in [0, 0.1) is 0 Å². The Labute approximate surface area is 700 Å². The third kappa shape index (κ3) is 19.7. The Morgan fingerprint density at radius 1 is 0.512 bits per heavy atom. The molecule has 10 heterocycles. The number of aromatic nitrogens is 4. The molecular weight excluding hydrogens is 1610 g/mol. The maximum atomic E-state index is 14.3. The van der Waals surface area contributed by atoms with Crippen LogP contribution in [-0.4, -0.2) is 225 Å². The summed E-state index contributed by atoms with van der Waals surface area (Å²) in [4.78, 5) is 173. The van der Waals surface area contributed by atoms with E-state index in [1.54, 1.807) is 50.5 Å². The number of hydrogen-bond donors (Lipinski definition) is 11. The SMILES string of the molecule is CNc1c(C(=O)NC2CC2)cnc2cc(C(F)(F)F)c(-c3ccc(C(=O)NCCCN4CCC(Nc5cccc6c5C(=O)N(C5CCC(=O)NC5=O)C6=O)CC4)nc3)cc12.CNc1c(C(=O)NC2CC2)cnc2cc(C(F)(F)F)c(-c3ccc(C(=O)O)nc3)cc12.NCCCN1CCC(Nc2cccc3c2C(=O)N(C2CCC(=O)NC2=O)C3=O)CC1.[2H]CF. The van der Waals surface area contributed by atoms with E-state index < -0.39 is 95.9 Å². The van der Waals surface area contributed by atoms with E-state index in [0.29, 0.717) is 70.7 Å². The maximum Gasteiger partial charge on any atom is 0.417 e. The van der Waals surface area contributed by atoms with Crippen LogP contribution in [0.25, 0.3) is 44.1 Å². The van der Waals surface area contributed by atoms with E-state index in [-0.39, 0.29) is 135 Å². The Morgan fingerprint density at radius 2 is 0.927 bits per heavy atom. The van der Waals surface area contributed by atoms with Crippen molar-refractivity contribution in [2.45, 2.75) is 138 Å². The molecule has 11 amide bonds. The van der Waals surface area contributed by atoms with Gasteiger partial charge < -0.3 is 57.9 Å². The number of nitrogens with one attached hydrogen (secondary N) is 9. The molecule has 4 aromatic carbocycles. The number of likely N-dealkylation sites (tertiary alicyclic amines) is 2. The van der Waals surface area contributed by atoms with Gasteiger partial charge in [-0.05, 0) is 168 Å². The van der Waals surface area contributed by atoms with Crippen LogP contribution in [0.5, 0.6) is 0 Å². The van der Waals surface area contributed by atoms with E-state index in [0.717, 1.165) is 125 Å². The molecule has 2 aliphatic carbocycles. The van der Waals surface area contributed by atoms with Crippen molar-refractivity contribution in [2.24, 2.45) is 5.73 Å². The second-order valence-electron chi connectivity index (χ2n) is 30.7. The van der Waals surface area contributed by atoms with Gasteiger partial charge in [-0.3, -0.25) is 92.5 Å². The number of carboxylic acid groups (broad SMARTS) is 1. The second kappa shape index (κ2) is 37.6. The van der Waals surface area contributed by atoms with Crippen LogP contribution in [0.3, 0.4) is 0 Å². The van der Waals surface area contributed by atoms with Gasteiger partial charge in [0, 0.05) is 142 Å². The summed E-state index contributed by atoms with van der Waals surface area (Å²) in [6.45, 7) is 6.14. The fraction of sp³-hybridized carbons (Fsp3) is 0.388. The minimum absolute atomic E-state index is 0.0221. The summed E-state index contributed by atoms with van der Waals surface area (Å²) in [5.74, 6) is -6.62. The number of imide groups is 4. The van der Waals surface area contributed by atoms with Crippen molar-refractivity contribution < 1.29 is 94.7 Å². The molecule has 16 rings (SSSR count). The van der Waals surface area contributed by atoms with Crippen LogP contribution in [-0.2, 0) is 31.5 Å². The summed E-state index contributed by atoms with van der Waals surface area (Å²) in [6, 6.07) is 18.3. The zero-order chi connectivity index (χ0) is 88.6. The lowest BCUT2D eigenvalue weighted by Gasteiger charge is -2.33. The van der Waals surface area contributed by atoms with Gasteiger partial charge in [0.1, 0.15) is 23.5 Å². The number of hydrogen-bond acceptors (Lipinski definition) is 23. The van der Waals surface area contributed by atoms with Crippen molar-refractivity contribution in [3.8, 4) is 22.3 Å². The highest BCUT2D eigenvalue weighted by molar-refractivity contribution is 6.27. The fourth-order valence-corrected chi connectivity index (χ4v) is 15.9. The lowest BCUT2D eigenvalue weighted by Crippen LogP contribution is -2.54. The van der Waals surface area contributed by atoms with Crippen molar-refractivity contribution in [1.82, 2.24) is 66.1 Å². The number of carbonyl (C=O) groups is 12. The van der Waals surface area contributed by atoms with Crippen LogP contribution >= 0.6 is 0 Å². The Balaban J connectivity index is 0.000000173. The molecule has 6 fully saturated rings. The standard InChI is InChI=1S/C42H42F3N9O6.C21H17F3N4O3.C21H27N5O4.CH3F/c1-46-36-27-18-26(29(42(43,44)45)19-32(27)49-21-28(36)37(56)51-23-7-8-23)22-6-9-31(48-20-22)38(57)47-14-3-15-53-16-12-24(13-17-53)50-30-5-2-4-25-35(30)41(60)54(40(25)59)33-10-11-34(55)52-39(33)58;1-25-18-13-6-12(10-2-5-16(20(30)31)26-8-10)15(21(22,23)24)7-17(13)27-9-14(18)19(29)28-11-3-4-11;22-9-2-10-25-11-7-13(8-12-25)23-15-4-1-3-14-18(15)21(30)26(20(14)29)16-5-6-17(27)24-19(16)28;1-2/h2,4-6,9,18-21,23-24,33,50H,3,7-8,10-17H2,1H3,(H,46,49)(H,47,57)(H,51,56)(H,52,55,58);2,5-9,11H,3-4H2,1H3,(H,25,27)(H,28,29)(H,30,31);1,3-4,13,16,23H,2,5-12,22H2,(H,24,27,28);1H3/i;;;1D. The smallest absolute Gasteiger partial charge is 0.417 e. The number of amides is 11. The molecule has 2 saturated carbocycles. The van der Waals surface area contributed by atoms with Crippen molar-refractivity contribution in [2.75, 3.05) is 94.9 Å². The van der Waals surface area contributed by atoms with Gasteiger partial charge in [-0.25, -0.2) is 9.78 Å². The van der Waals surface area contributed by atoms with Gasteiger partial charge >= 0.3 is 18.3 Å². The van der Waals surface area contributed by atoms with E-state index in [9.17, 15) is 88.3 Å². The van der Waals surface area contributed by atoms with E-state index in [1.807, 2.05) is 0 Å². The summed E-state index contributed by atoms with van der Waals surface area (Å²) in [5, 5.41) is 35.4. The highest BCUT2D eigenvalue weighted by atomic mass is 19.4. The first kappa shape index (κ1) is 86.4. The minimum atomic E-state index is -4.72. The first-order chi connectivity index (χ1) is 59.4. The van der Waals surface area contributed by atoms with Crippen LogP contribution in [0.4, 0.5) is 53.5 Å². The summed E-state index contributed by atoms with van der Waals surface area (Å²) < 4.78 is 99.9. The van der Waals surface area contributed by atoms with Crippen molar-refractivity contribution in [1.29, 1.82) is 0 Å². The topological polar surface area (TPSA) is 424 Å². The third-order valence-corrected chi connectivity index (χ3v) is 22.5. The molecule has 0 bridgehead atoms. The van der Waals surface area contributed by atoms with Gasteiger partial charge in [-0.1, -0.05) is 24.3 Å². The predicted molar refractivity (Wildman–Crippen MR) is 437 cm³/mol. The zero-order valence-electron chi connectivity index (χ0n) is 67.8. The highest BCUT2D eigenvalue weighted by Crippen LogP contribution is 2.44. The summed E-state index contributed by atoms with van der Waals surface area (Å²) >= 11 is 0. The molecule has 0 spiro atoms. The number of benzene rings is 4. The number of rotatable bonds is 23. The third-order valence-electron chi connectivity index (χ3n) is 22.5. The zero-order valence-corrected chi connectivity index (χ0v) is 66.8. The van der Waals surface area contributed by atoms with Gasteiger partial charge in [0.05, 0.1) is 75.4 Å². The Kier molecular flexibility index (Phi) is 26.4. The van der Waals surface area contributed by atoms with Gasteiger partial charge in [0.2, 0.25) is 23.6 Å². The van der Waals surface area contributed by atoms with Gasteiger partial charge in [0.25, 0.3) is 41.4 Å². The number of nitrogens with zero attached hydrogens (tertiary/aromatic N) is 8. The maximum absolute atomic E-state index is 14.3. The molecule has 38 heteroatoms. The number of anilines is 4. The van der Waals surface area contributed by atoms with Crippen molar-refractivity contribution in [3.05, 3.63) is 166 Å². The average molecular weight is 1700 g/mol. The molecule has 31 nitrogen and oxygen atoms in total. The number of nitrogens with two attached hydrogens (primary N) is 1. The molecular formula is C85H89F7N18O13. The van der Waals surface area contributed by atoms with Gasteiger partial charge in [-0.15, -0.1) is 0 Å². The normalized spacial score (nSPS) is 18.3. The van der Waals surface area contributed by atoms with Crippen LogP contribution in [0.1, 0.15) is 186 Å². The predicted octanol–water partition coefficient (Wildman–Crippen LogP) is 9.19. The second-order valence-corrected chi connectivity index (χ2v) is 30.7. The van der Waals surface area contributed by atoms with Crippen LogP contribution in [0.2, 0.25) is 0 Å². The molecule has 12 N–H and O–H groups in total. The molecule has 123 heavy (non-hydrogen) atoms. The highest BCUT2D eigenvalue weighted by Gasteiger charge is 2.48. The number of carbonyl (C=O) groups excluding carboxylic acids is 11. The Bertz CT molecular complexity index is 5510. The molecule has 4 saturated heterocycles. The first-order valence-electron chi connectivity index (χ1n) is 40.8. The first-order valence-corrected chi connectivity index (χ1v) is 40.1. The molecule has 2 atom stereocenters. The van der Waals surface area contributed by atoms with E-state index in [2.05, 4.69) is 77.6 Å². The largest absolute Gasteiger partial charge is 0.477 e. The molecule has 2 unspecified atom stereocenters. The number of pyridine rings is 4. The van der Waals surface area contributed by atoms with Crippen LogP contribution in [0.15, 0.2) is 110 Å². The van der Waals surface area contributed by atoms with E-state index >= 15 is 0 Å². The summed E-state index contributed by atoms with van der Waals surface area (Å²) in [7, 11) is 2.16. The van der Waals surface area contributed by atoms with Crippen molar-refractivity contribution in [3.63, 3.8) is 0 Å². The van der Waals surface area contributed by atoms with Crippen LogP contribution < -0.4 is 53.6 Å². The van der Waals surface area contributed by atoms with Gasteiger partial charge in [0.15, 0.2) is 0 Å². The average Bonchev–Trinajstić information content (AvgIpc) is 1.03. The fourth-order valence-electron chi connectivity index (χ4n) is 15.9. The Hall–Kier alpha value is -13.0. The quantitative estimate of drug-likeness (QED) is 0.0161. The van der Waals surface area contributed by atoms with Crippen molar-refractivity contribution >= 4 is 116 Å². The number of fused-ring (bicyclic) bond motifs is 4. The summed E-state index contributed by atoms with van der Waals surface area (Å²) in [6.07, 6.45) is 4.33.